The summed E-state index contributed by atoms with van der Waals surface area (Å²) in [6.07, 6.45) is 6.12. The zero-order valence-corrected chi connectivity index (χ0v) is 23.4. The molecule has 7 heteroatoms. The largest absolute Gasteiger partial charge is 0.496 e. The highest BCUT2D eigenvalue weighted by molar-refractivity contribution is 6.04. The van der Waals surface area contributed by atoms with Gasteiger partial charge < -0.3 is 19.9 Å². The van der Waals surface area contributed by atoms with Crippen LogP contribution in [-0.4, -0.2) is 36.5 Å². The van der Waals surface area contributed by atoms with Gasteiger partial charge in [0.15, 0.2) is 6.29 Å². The number of carbonyl (C=O) groups excluding carboxylic acids is 2. The lowest BCUT2D eigenvalue weighted by atomic mass is 9.92. The number of aldehydes is 1. The average molecular weight is 549 g/mol. The van der Waals surface area contributed by atoms with Crippen molar-refractivity contribution >= 4 is 29.5 Å². The van der Waals surface area contributed by atoms with Gasteiger partial charge in [-0.1, -0.05) is 48.5 Å². The van der Waals surface area contributed by atoms with Crippen LogP contribution in [-0.2, 0) is 24.4 Å². The molecular formula is C34H32N2O5. The van der Waals surface area contributed by atoms with Gasteiger partial charge in [-0.05, 0) is 82.5 Å². The molecule has 5 rings (SSSR count). The number of ether oxygens (including phenoxy) is 2. The summed E-state index contributed by atoms with van der Waals surface area (Å²) in [4.78, 5) is 28.6. The molecule has 1 aliphatic rings. The molecule has 0 saturated heterocycles. The van der Waals surface area contributed by atoms with Crippen LogP contribution in [0.1, 0.15) is 60.6 Å². The summed E-state index contributed by atoms with van der Waals surface area (Å²) in [6, 6.07) is 19.7. The summed E-state index contributed by atoms with van der Waals surface area (Å²) >= 11 is 0. The molecule has 0 saturated carbocycles. The first kappa shape index (κ1) is 28.0. The molecule has 0 atom stereocenters. The van der Waals surface area contributed by atoms with E-state index in [4.69, 9.17) is 9.47 Å². The Labute approximate surface area is 239 Å². The monoisotopic (exact) mass is 548 g/mol. The van der Waals surface area contributed by atoms with E-state index in [9.17, 15) is 14.7 Å². The Kier molecular flexibility index (Phi) is 8.38. The molecule has 3 aromatic carbocycles. The van der Waals surface area contributed by atoms with Gasteiger partial charge in [-0.2, -0.15) is 0 Å². The van der Waals surface area contributed by atoms with Crippen LogP contribution in [0.2, 0.25) is 0 Å². The highest BCUT2D eigenvalue weighted by Gasteiger charge is 2.22. The van der Waals surface area contributed by atoms with E-state index in [2.05, 4.69) is 40.6 Å². The molecular weight excluding hydrogens is 516 g/mol. The third-order valence-corrected chi connectivity index (χ3v) is 7.54. The number of amides is 1. The molecule has 2 N–H and O–H groups in total. The van der Waals surface area contributed by atoms with Crippen molar-refractivity contribution in [2.45, 2.75) is 33.0 Å². The molecule has 0 fully saturated rings. The van der Waals surface area contributed by atoms with E-state index in [1.807, 2.05) is 37.3 Å². The molecule has 1 aromatic heterocycles. The van der Waals surface area contributed by atoms with Crippen molar-refractivity contribution in [2.24, 2.45) is 0 Å². The summed E-state index contributed by atoms with van der Waals surface area (Å²) in [7, 11) is 3.15. The Morgan fingerprint density at radius 1 is 1.00 bits per heavy atom. The zero-order valence-electron chi connectivity index (χ0n) is 23.4. The molecule has 0 unspecified atom stereocenters. The van der Waals surface area contributed by atoms with Crippen LogP contribution in [0.4, 0.5) is 5.69 Å². The predicted molar refractivity (Wildman–Crippen MR) is 160 cm³/mol. The standard InChI is InChI=1S/C34H32N2O5/c1-21-27(6-5-9-31(21)36-34(39)32-16-25(20-40-2)26(19-38)17-35-32)29-8-4-7-28-23(12-13-30(28)29)14-22-10-11-24(18-37)33(15-22)41-3/h4-11,14-17,19,37H,12-13,18,20H2,1-3H3,(H,36,39)/b23-14+. The number of carbonyl (C=O) groups is 2. The molecule has 0 aliphatic heterocycles. The van der Waals surface area contributed by atoms with Crippen molar-refractivity contribution in [3.8, 4) is 16.9 Å². The van der Waals surface area contributed by atoms with E-state index in [0.29, 0.717) is 28.8 Å². The number of pyridine rings is 1. The number of fused-ring (bicyclic) bond motifs is 1. The lowest BCUT2D eigenvalue weighted by molar-refractivity contribution is 0.102. The molecule has 0 spiro atoms. The fourth-order valence-electron chi connectivity index (χ4n) is 5.40. The Morgan fingerprint density at radius 2 is 1.78 bits per heavy atom. The van der Waals surface area contributed by atoms with E-state index >= 15 is 0 Å². The van der Waals surface area contributed by atoms with Crippen LogP contribution < -0.4 is 10.1 Å². The summed E-state index contributed by atoms with van der Waals surface area (Å²) in [6.45, 7) is 2.15. The number of nitrogens with one attached hydrogen (secondary N) is 1. The van der Waals surface area contributed by atoms with Crippen molar-refractivity contribution in [3.63, 3.8) is 0 Å². The van der Waals surface area contributed by atoms with Crippen molar-refractivity contribution < 1.29 is 24.2 Å². The lowest BCUT2D eigenvalue weighted by Crippen LogP contribution is -2.15. The van der Waals surface area contributed by atoms with E-state index in [-0.39, 0.29) is 24.8 Å². The number of hydrogen-bond donors (Lipinski definition) is 2. The minimum atomic E-state index is -0.355. The van der Waals surface area contributed by atoms with Crippen molar-refractivity contribution in [1.29, 1.82) is 0 Å². The van der Waals surface area contributed by atoms with E-state index in [0.717, 1.165) is 40.7 Å². The number of aromatic nitrogens is 1. The number of allylic oxidation sites excluding steroid dienone is 1. The fraction of sp³-hybridized carbons (Fsp3) is 0.206. The quantitative estimate of drug-likeness (QED) is 0.240. The van der Waals surface area contributed by atoms with Gasteiger partial charge in [0.1, 0.15) is 11.4 Å². The number of methoxy groups -OCH3 is 2. The number of anilines is 1. The smallest absolute Gasteiger partial charge is 0.274 e. The highest BCUT2D eigenvalue weighted by atomic mass is 16.5. The lowest BCUT2D eigenvalue weighted by Gasteiger charge is -2.16. The van der Waals surface area contributed by atoms with Gasteiger partial charge >= 0.3 is 0 Å². The molecule has 1 amide bonds. The van der Waals surface area contributed by atoms with Gasteiger partial charge in [0.2, 0.25) is 0 Å². The van der Waals surface area contributed by atoms with Gasteiger partial charge in [-0.25, -0.2) is 0 Å². The minimum absolute atomic E-state index is 0.0666. The molecule has 0 bridgehead atoms. The van der Waals surface area contributed by atoms with Crippen molar-refractivity contribution in [1.82, 2.24) is 4.98 Å². The maximum absolute atomic E-state index is 13.1. The molecule has 1 heterocycles. The normalized spacial score (nSPS) is 13.2. The average Bonchev–Trinajstić information content (AvgIpc) is 3.41. The summed E-state index contributed by atoms with van der Waals surface area (Å²) in [5.74, 6) is 0.319. The van der Waals surface area contributed by atoms with Gasteiger partial charge in [0.25, 0.3) is 5.91 Å². The third kappa shape index (κ3) is 5.68. The first-order valence-corrected chi connectivity index (χ1v) is 13.4. The maximum Gasteiger partial charge on any atom is 0.274 e. The molecule has 41 heavy (non-hydrogen) atoms. The van der Waals surface area contributed by atoms with Gasteiger partial charge in [-0.3, -0.25) is 14.6 Å². The molecule has 1 aliphatic carbocycles. The summed E-state index contributed by atoms with van der Waals surface area (Å²) in [5, 5.41) is 12.6. The molecule has 208 valence electrons. The van der Waals surface area contributed by atoms with Crippen LogP contribution >= 0.6 is 0 Å². The van der Waals surface area contributed by atoms with Crippen LogP contribution in [0, 0.1) is 6.92 Å². The second-order valence-electron chi connectivity index (χ2n) is 9.98. The number of aliphatic hydroxyl groups excluding tert-OH is 1. The highest BCUT2D eigenvalue weighted by Crippen LogP contribution is 2.41. The second kappa shape index (κ2) is 12.3. The second-order valence-corrected chi connectivity index (χ2v) is 9.98. The van der Waals surface area contributed by atoms with Crippen molar-refractivity contribution in [3.05, 3.63) is 111 Å². The van der Waals surface area contributed by atoms with Crippen LogP contribution in [0.15, 0.2) is 66.9 Å². The van der Waals surface area contributed by atoms with Crippen LogP contribution in [0.5, 0.6) is 5.75 Å². The Bertz CT molecular complexity index is 1660. The third-order valence-electron chi connectivity index (χ3n) is 7.54. The zero-order chi connectivity index (χ0) is 28.9. The van der Waals surface area contributed by atoms with Crippen molar-refractivity contribution in [2.75, 3.05) is 19.5 Å². The Balaban J connectivity index is 1.45. The SMILES string of the molecule is COCc1cc(C(=O)Nc2cccc(-c3cccc4c3CC/C4=C\c3ccc(CO)c(OC)c3)c2C)ncc1C=O. The van der Waals surface area contributed by atoms with E-state index in [1.165, 1.54) is 30.0 Å². The minimum Gasteiger partial charge on any atom is -0.496 e. The number of aliphatic hydroxyl groups is 1. The van der Waals surface area contributed by atoms with Gasteiger partial charge in [-0.15, -0.1) is 0 Å². The Morgan fingerprint density at radius 3 is 2.54 bits per heavy atom. The van der Waals surface area contributed by atoms with E-state index < -0.39 is 0 Å². The first-order valence-electron chi connectivity index (χ1n) is 13.4. The summed E-state index contributed by atoms with van der Waals surface area (Å²) in [5.41, 5.74) is 10.6. The fourth-order valence-corrected chi connectivity index (χ4v) is 5.40. The Hall–Kier alpha value is -4.59. The van der Waals surface area contributed by atoms with Gasteiger partial charge in [0.05, 0.1) is 20.3 Å². The molecule has 7 nitrogen and oxygen atoms in total. The maximum atomic E-state index is 13.1. The number of hydrogen-bond acceptors (Lipinski definition) is 6. The first-order chi connectivity index (χ1) is 20.0. The van der Waals surface area contributed by atoms with E-state index in [1.54, 1.807) is 13.2 Å². The van der Waals surface area contributed by atoms with Crippen LogP contribution in [0.3, 0.4) is 0 Å². The summed E-state index contributed by atoms with van der Waals surface area (Å²) < 4.78 is 10.6. The number of benzene rings is 3. The van der Waals surface area contributed by atoms with Crippen LogP contribution in [0.25, 0.3) is 22.8 Å². The molecule has 4 aromatic rings. The number of rotatable bonds is 9. The topological polar surface area (TPSA) is 97.8 Å². The predicted octanol–water partition coefficient (Wildman–Crippen LogP) is 6.26. The van der Waals surface area contributed by atoms with Gasteiger partial charge in [0, 0.05) is 30.1 Å². The number of nitrogens with zero attached hydrogens (tertiary/aromatic N) is 1. The molecule has 0 radical (unpaired) electrons.